The first-order valence-corrected chi connectivity index (χ1v) is 5.99. The Bertz CT molecular complexity index is 270. The van der Waals surface area contributed by atoms with E-state index in [4.69, 9.17) is 9.47 Å². The average Bonchev–Trinajstić information content (AvgIpc) is 2.36. The van der Waals surface area contributed by atoms with Gasteiger partial charge < -0.3 is 14.8 Å². The second kappa shape index (κ2) is 7.11. The molecule has 1 saturated heterocycles. The fraction of sp³-hybridized carbons (Fsp3) is 0.818. The molecule has 1 N–H and O–H groups in total. The fourth-order valence-corrected chi connectivity index (χ4v) is 1.61. The topological polar surface area (TPSA) is 67.9 Å². The number of rotatable bonds is 4. The third kappa shape index (κ3) is 3.89. The van der Waals surface area contributed by atoms with E-state index in [0.717, 1.165) is 6.42 Å². The van der Waals surface area contributed by atoms with Gasteiger partial charge in [-0.15, -0.1) is 0 Å². The Morgan fingerprint density at radius 2 is 2.24 bits per heavy atom. The molecule has 0 radical (unpaired) electrons. The average molecular weight is 244 g/mol. The highest BCUT2D eigenvalue weighted by Crippen LogP contribution is 2.09. The predicted octanol–water partition coefficient (Wildman–Crippen LogP) is 0.370. The number of carbonyl (C=O) groups is 2. The molecule has 1 atom stereocenters. The Balaban J connectivity index is 2.58. The van der Waals surface area contributed by atoms with Gasteiger partial charge in [0.05, 0.1) is 19.8 Å². The summed E-state index contributed by atoms with van der Waals surface area (Å²) in [5.74, 6) is -0.181. The van der Waals surface area contributed by atoms with Crippen LogP contribution in [0.25, 0.3) is 0 Å². The van der Waals surface area contributed by atoms with Gasteiger partial charge in [-0.2, -0.15) is 0 Å². The van der Waals surface area contributed by atoms with Gasteiger partial charge in [0, 0.05) is 13.1 Å². The Labute approximate surface area is 101 Å². The smallest absolute Gasteiger partial charge is 0.410 e. The zero-order chi connectivity index (χ0) is 12.7. The van der Waals surface area contributed by atoms with Gasteiger partial charge in [-0.1, -0.05) is 6.92 Å². The number of hydrogen-bond donors (Lipinski definition) is 1. The normalized spacial score (nSPS) is 19.9. The molecule has 1 heterocycles. The summed E-state index contributed by atoms with van der Waals surface area (Å²) in [6.45, 7) is 5.69. The van der Waals surface area contributed by atoms with E-state index in [1.54, 1.807) is 6.92 Å². The first-order chi connectivity index (χ1) is 8.20. The third-order valence-electron chi connectivity index (χ3n) is 2.48. The number of nitrogens with zero attached hydrogens (tertiary/aromatic N) is 1. The highest BCUT2D eigenvalue weighted by Gasteiger charge is 2.33. The van der Waals surface area contributed by atoms with Crippen LogP contribution in [0, 0.1) is 0 Å². The highest BCUT2D eigenvalue weighted by atomic mass is 16.6. The van der Waals surface area contributed by atoms with E-state index in [-0.39, 0.29) is 12.5 Å². The van der Waals surface area contributed by atoms with Crippen LogP contribution in [0.15, 0.2) is 0 Å². The molecular weight excluding hydrogens is 224 g/mol. The number of amides is 2. The van der Waals surface area contributed by atoms with Crippen molar-refractivity contribution >= 4 is 12.0 Å². The minimum Gasteiger partial charge on any atom is -0.450 e. The van der Waals surface area contributed by atoms with E-state index < -0.39 is 12.1 Å². The molecule has 0 bridgehead atoms. The maximum Gasteiger partial charge on any atom is 0.410 e. The molecule has 2 amide bonds. The lowest BCUT2D eigenvalue weighted by atomic mass is 10.2. The standard InChI is InChI=1S/C11H20N2O4/c1-3-5-12-10(14)9-8-16-7-6-13(9)11(15)17-4-2/h9H,3-8H2,1-2H3,(H,12,14). The van der Waals surface area contributed by atoms with Crippen molar-refractivity contribution in [1.29, 1.82) is 0 Å². The van der Waals surface area contributed by atoms with E-state index in [0.29, 0.717) is 26.3 Å². The van der Waals surface area contributed by atoms with Crippen molar-refractivity contribution in [3.8, 4) is 0 Å². The molecule has 0 saturated carbocycles. The van der Waals surface area contributed by atoms with Crippen LogP contribution in [-0.4, -0.2) is 55.9 Å². The summed E-state index contributed by atoms with van der Waals surface area (Å²) in [5, 5.41) is 2.76. The third-order valence-corrected chi connectivity index (χ3v) is 2.48. The van der Waals surface area contributed by atoms with E-state index in [2.05, 4.69) is 5.32 Å². The molecule has 0 aromatic heterocycles. The van der Waals surface area contributed by atoms with E-state index in [9.17, 15) is 9.59 Å². The number of morpholine rings is 1. The molecule has 6 heteroatoms. The minimum atomic E-state index is -0.575. The van der Waals surface area contributed by atoms with Crippen LogP contribution in [0.2, 0.25) is 0 Å². The van der Waals surface area contributed by atoms with Crippen molar-refractivity contribution in [1.82, 2.24) is 10.2 Å². The molecule has 0 spiro atoms. The van der Waals surface area contributed by atoms with Crippen molar-refractivity contribution in [2.75, 3.05) is 32.9 Å². The van der Waals surface area contributed by atoms with Crippen molar-refractivity contribution in [2.45, 2.75) is 26.3 Å². The van der Waals surface area contributed by atoms with Crippen molar-refractivity contribution in [3.63, 3.8) is 0 Å². The summed E-state index contributed by atoms with van der Waals surface area (Å²) in [4.78, 5) is 24.9. The Kier molecular flexibility index (Phi) is 5.76. The summed E-state index contributed by atoms with van der Waals surface area (Å²) in [7, 11) is 0. The molecule has 1 aliphatic heterocycles. The first-order valence-electron chi connectivity index (χ1n) is 5.99. The number of carbonyl (C=O) groups excluding carboxylic acids is 2. The zero-order valence-corrected chi connectivity index (χ0v) is 10.4. The monoisotopic (exact) mass is 244 g/mol. The van der Waals surface area contributed by atoms with Gasteiger partial charge in [0.15, 0.2) is 0 Å². The second-order valence-corrected chi connectivity index (χ2v) is 3.77. The van der Waals surface area contributed by atoms with Crippen molar-refractivity contribution in [3.05, 3.63) is 0 Å². The van der Waals surface area contributed by atoms with Gasteiger partial charge in [0.1, 0.15) is 6.04 Å². The highest BCUT2D eigenvalue weighted by molar-refractivity contribution is 5.86. The summed E-state index contributed by atoms with van der Waals surface area (Å²) in [6.07, 6.45) is 0.408. The molecule has 17 heavy (non-hydrogen) atoms. The summed E-state index contributed by atoms with van der Waals surface area (Å²) >= 11 is 0. The van der Waals surface area contributed by atoms with Crippen LogP contribution in [0.5, 0.6) is 0 Å². The quantitative estimate of drug-likeness (QED) is 0.776. The van der Waals surface area contributed by atoms with Crippen LogP contribution in [0.3, 0.4) is 0 Å². The molecule has 1 aliphatic rings. The Morgan fingerprint density at radius 1 is 1.47 bits per heavy atom. The molecule has 98 valence electrons. The molecule has 6 nitrogen and oxygen atoms in total. The lowest BCUT2D eigenvalue weighted by Gasteiger charge is -2.33. The zero-order valence-electron chi connectivity index (χ0n) is 10.4. The lowest BCUT2D eigenvalue weighted by Crippen LogP contribution is -2.56. The molecular formula is C11H20N2O4. The van der Waals surface area contributed by atoms with Crippen molar-refractivity contribution < 1.29 is 19.1 Å². The maximum absolute atomic E-state index is 11.8. The minimum absolute atomic E-state index is 0.181. The fourth-order valence-electron chi connectivity index (χ4n) is 1.61. The molecule has 1 unspecified atom stereocenters. The number of nitrogens with one attached hydrogen (secondary N) is 1. The van der Waals surface area contributed by atoms with Gasteiger partial charge in [0.2, 0.25) is 5.91 Å². The van der Waals surface area contributed by atoms with Crippen LogP contribution in [0.1, 0.15) is 20.3 Å². The molecule has 1 rings (SSSR count). The van der Waals surface area contributed by atoms with Gasteiger partial charge in [-0.25, -0.2) is 4.79 Å². The molecule has 1 fully saturated rings. The van der Waals surface area contributed by atoms with Crippen molar-refractivity contribution in [2.24, 2.45) is 0 Å². The Hall–Kier alpha value is -1.30. The summed E-state index contributed by atoms with van der Waals surface area (Å²) < 4.78 is 10.1. The molecule has 0 aromatic carbocycles. The first kappa shape index (κ1) is 13.8. The lowest BCUT2D eigenvalue weighted by molar-refractivity contribution is -0.131. The van der Waals surface area contributed by atoms with Gasteiger partial charge in [0.25, 0.3) is 0 Å². The Morgan fingerprint density at radius 3 is 2.88 bits per heavy atom. The SMILES string of the molecule is CCCNC(=O)C1COCCN1C(=O)OCC. The van der Waals surface area contributed by atoms with Crippen LogP contribution >= 0.6 is 0 Å². The summed E-state index contributed by atoms with van der Waals surface area (Å²) in [6, 6.07) is -0.575. The predicted molar refractivity (Wildman–Crippen MR) is 61.6 cm³/mol. The van der Waals surface area contributed by atoms with E-state index in [1.807, 2.05) is 6.92 Å². The van der Waals surface area contributed by atoms with Gasteiger partial charge in [-0.3, -0.25) is 9.69 Å². The number of ether oxygens (including phenoxy) is 2. The molecule has 0 aliphatic carbocycles. The second-order valence-electron chi connectivity index (χ2n) is 3.77. The molecule has 0 aromatic rings. The number of hydrogen-bond acceptors (Lipinski definition) is 4. The van der Waals surface area contributed by atoms with E-state index >= 15 is 0 Å². The summed E-state index contributed by atoms with van der Waals surface area (Å²) in [5.41, 5.74) is 0. The maximum atomic E-state index is 11.8. The van der Waals surface area contributed by atoms with Gasteiger partial charge >= 0.3 is 6.09 Å². The largest absolute Gasteiger partial charge is 0.450 e. The van der Waals surface area contributed by atoms with E-state index in [1.165, 1.54) is 4.90 Å². The van der Waals surface area contributed by atoms with Crippen LogP contribution < -0.4 is 5.32 Å². The van der Waals surface area contributed by atoms with Gasteiger partial charge in [-0.05, 0) is 13.3 Å². The van der Waals surface area contributed by atoms with Crippen LogP contribution in [-0.2, 0) is 14.3 Å². The van der Waals surface area contributed by atoms with Crippen LogP contribution in [0.4, 0.5) is 4.79 Å².